The van der Waals surface area contributed by atoms with Gasteiger partial charge in [-0.1, -0.05) is 5.11 Å². The molecule has 1 aliphatic heterocycles. The van der Waals surface area contributed by atoms with E-state index in [-0.39, 0.29) is 29.8 Å². The molecular weight excluding hydrogens is 354 g/mol. The minimum atomic E-state index is -0.359. The highest BCUT2D eigenvalue weighted by molar-refractivity contribution is 7.13. The van der Waals surface area contributed by atoms with Crippen LogP contribution in [0.5, 0.6) is 0 Å². The summed E-state index contributed by atoms with van der Waals surface area (Å²) in [5, 5.41) is 7.22. The molecule has 3 atom stereocenters. The maximum atomic E-state index is 12.7. The Kier molecular flexibility index (Phi) is 5.45. The molecular formula is C16H23N7O2S. The first kappa shape index (κ1) is 18.6. The van der Waals surface area contributed by atoms with E-state index in [0.717, 1.165) is 23.7 Å². The van der Waals surface area contributed by atoms with E-state index >= 15 is 0 Å². The smallest absolute Gasteiger partial charge is 0.280 e. The van der Waals surface area contributed by atoms with Crippen LogP contribution in [0.25, 0.3) is 10.4 Å². The van der Waals surface area contributed by atoms with Crippen molar-refractivity contribution in [3.63, 3.8) is 0 Å². The largest absolute Gasteiger partial charge is 0.349 e. The quantitative estimate of drug-likeness (QED) is 0.489. The number of aromatic nitrogens is 1. The van der Waals surface area contributed by atoms with Crippen LogP contribution in [0, 0.1) is 5.92 Å². The lowest BCUT2D eigenvalue weighted by Crippen LogP contribution is -2.48. The molecule has 0 radical (unpaired) electrons. The van der Waals surface area contributed by atoms with E-state index in [1.54, 1.807) is 19.0 Å². The number of amides is 2. The van der Waals surface area contributed by atoms with Crippen molar-refractivity contribution in [3.05, 3.63) is 26.0 Å². The number of hydrogen-bond acceptors (Lipinski definition) is 6. The van der Waals surface area contributed by atoms with Crippen molar-refractivity contribution in [1.29, 1.82) is 0 Å². The number of rotatable bonds is 4. The number of thiazole rings is 1. The molecule has 0 unspecified atom stereocenters. The number of nitrogens with zero attached hydrogens (tertiary/aromatic N) is 6. The van der Waals surface area contributed by atoms with E-state index in [1.807, 2.05) is 7.05 Å². The highest BCUT2D eigenvalue weighted by Gasteiger charge is 2.35. The van der Waals surface area contributed by atoms with Crippen molar-refractivity contribution in [2.75, 3.05) is 21.1 Å². The van der Waals surface area contributed by atoms with Gasteiger partial charge >= 0.3 is 0 Å². The van der Waals surface area contributed by atoms with Crippen molar-refractivity contribution >= 4 is 23.2 Å². The summed E-state index contributed by atoms with van der Waals surface area (Å²) >= 11 is 1.41. The predicted molar refractivity (Wildman–Crippen MR) is 97.5 cm³/mol. The highest BCUT2D eigenvalue weighted by Crippen LogP contribution is 2.30. The molecule has 2 heterocycles. The van der Waals surface area contributed by atoms with Gasteiger partial charge in [0.2, 0.25) is 5.91 Å². The summed E-state index contributed by atoms with van der Waals surface area (Å²) < 4.78 is 0. The summed E-state index contributed by atoms with van der Waals surface area (Å²) in [6.45, 7) is 1.56. The molecule has 10 heteroatoms. The number of fused-ring (bicyclic) bond motifs is 1. The molecule has 1 saturated carbocycles. The molecule has 0 saturated heterocycles. The van der Waals surface area contributed by atoms with E-state index in [4.69, 9.17) is 5.53 Å². The summed E-state index contributed by atoms with van der Waals surface area (Å²) in [5.41, 5.74) is 9.77. The molecule has 1 aromatic heterocycles. The van der Waals surface area contributed by atoms with Crippen molar-refractivity contribution in [3.8, 4) is 0 Å². The predicted octanol–water partition coefficient (Wildman–Crippen LogP) is 1.75. The Balaban J connectivity index is 1.71. The Morgan fingerprint density at radius 1 is 1.38 bits per heavy atom. The Hall–Kier alpha value is -2.16. The fraction of sp³-hybridized carbons (Fsp3) is 0.688. The second kappa shape index (κ2) is 7.61. The molecule has 0 aromatic carbocycles. The topological polar surface area (TPSA) is 114 Å². The molecule has 1 aliphatic carbocycles. The Morgan fingerprint density at radius 3 is 2.81 bits per heavy atom. The van der Waals surface area contributed by atoms with Crippen LogP contribution in [0.4, 0.5) is 0 Å². The number of hydrogen-bond donors (Lipinski definition) is 1. The summed E-state index contributed by atoms with van der Waals surface area (Å²) in [5.74, 6) is -0.386. The Morgan fingerprint density at radius 2 is 2.15 bits per heavy atom. The number of nitrogens with one attached hydrogen (secondary N) is 1. The van der Waals surface area contributed by atoms with E-state index in [1.165, 1.54) is 11.3 Å². The van der Waals surface area contributed by atoms with Crippen molar-refractivity contribution < 1.29 is 9.59 Å². The summed E-state index contributed by atoms with van der Waals surface area (Å²) in [6.07, 6.45) is 1.71. The van der Waals surface area contributed by atoms with Crippen LogP contribution in [0.2, 0.25) is 0 Å². The molecule has 9 nitrogen and oxygen atoms in total. The third-order valence-corrected chi connectivity index (χ3v) is 6.01. The third-order valence-electron chi connectivity index (χ3n) is 4.93. The van der Waals surface area contributed by atoms with Crippen LogP contribution in [0.15, 0.2) is 5.11 Å². The van der Waals surface area contributed by atoms with Gasteiger partial charge in [0.05, 0.1) is 11.7 Å². The molecule has 1 fully saturated rings. The zero-order valence-electron chi connectivity index (χ0n) is 15.2. The van der Waals surface area contributed by atoms with Crippen LogP contribution in [-0.4, -0.2) is 59.8 Å². The normalized spacial score (nSPS) is 25.3. The van der Waals surface area contributed by atoms with Gasteiger partial charge in [0.25, 0.3) is 5.91 Å². The van der Waals surface area contributed by atoms with Gasteiger partial charge in [0, 0.05) is 48.9 Å². The zero-order valence-corrected chi connectivity index (χ0v) is 16.0. The maximum Gasteiger partial charge on any atom is 0.280 e. The molecule has 140 valence electrons. The van der Waals surface area contributed by atoms with Gasteiger partial charge in [-0.05, 0) is 31.8 Å². The molecule has 2 amide bonds. The minimum Gasteiger partial charge on any atom is -0.349 e. The highest BCUT2D eigenvalue weighted by atomic mass is 32.1. The standard InChI is InChI=1S/C16H23N7O2S/c1-22(2)16(25)9-4-5-10(20-21-17)11(6-9)18-14(24)15-19-12-7-23(3)8-13(12)26-15/h9-11H,4-8H2,1-3H3,(H,18,24)/t9-,10-,11+/m0/s1. The van der Waals surface area contributed by atoms with Gasteiger partial charge in [0.15, 0.2) is 5.01 Å². The summed E-state index contributed by atoms with van der Waals surface area (Å²) in [7, 11) is 5.47. The van der Waals surface area contributed by atoms with Gasteiger partial charge in [0.1, 0.15) is 0 Å². The van der Waals surface area contributed by atoms with E-state index < -0.39 is 0 Å². The van der Waals surface area contributed by atoms with E-state index in [9.17, 15) is 9.59 Å². The molecule has 0 bridgehead atoms. The summed E-state index contributed by atoms with van der Waals surface area (Å²) in [6, 6.07) is -0.699. The first-order valence-corrected chi connectivity index (χ1v) is 9.44. The van der Waals surface area contributed by atoms with Gasteiger partial charge in [-0.15, -0.1) is 11.3 Å². The molecule has 1 N–H and O–H groups in total. The van der Waals surface area contributed by atoms with Crippen LogP contribution in [0.1, 0.15) is 39.6 Å². The number of carbonyl (C=O) groups excluding carboxylic acids is 2. The second-order valence-electron chi connectivity index (χ2n) is 7.16. The zero-order chi connectivity index (χ0) is 18.8. The van der Waals surface area contributed by atoms with Crippen molar-refractivity contribution in [2.45, 2.75) is 44.4 Å². The average molecular weight is 377 g/mol. The average Bonchev–Trinajstić information content (AvgIpc) is 3.13. The maximum absolute atomic E-state index is 12.7. The second-order valence-corrected chi connectivity index (χ2v) is 8.24. The Labute approximate surface area is 156 Å². The molecule has 0 spiro atoms. The Bertz CT molecular complexity index is 732. The van der Waals surface area contributed by atoms with Gasteiger partial charge in [-0.3, -0.25) is 14.5 Å². The van der Waals surface area contributed by atoms with Gasteiger partial charge in [-0.25, -0.2) is 4.98 Å². The van der Waals surface area contributed by atoms with Crippen LogP contribution in [-0.2, 0) is 17.9 Å². The first-order chi connectivity index (χ1) is 12.4. The monoisotopic (exact) mass is 377 g/mol. The fourth-order valence-electron chi connectivity index (χ4n) is 3.62. The molecule has 3 rings (SSSR count). The van der Waals surface area contributed by atoms with E-state index in [0.29, 0.717) is 24.3 Å². The first-order valence-electron chi connectivity index (χ1n) is 8.62. The lowest BCUT2D eigenvalue weighted by atomic mass is 9.82. The number of azide groups is 1. The molecule has 1 aromatic rings. The van der Waals surface area contributed by atoms with Crippen LogP contribution < -0.4 is 5.32 Å². The minimum absolute atomic E-state index is 0.0416. The molecule has 26 heavy (non-hydrogen) atoms. The van der Waals surface area contributed by atoms with Gasteiger partial charge in [-0.2, -0.15) is 0 Å². The van der Waals surface area contributed by atoms with Gasteiger partial charge < -0.3 is 10.2 Å². The fourth-order valence-corrected chi connectivity index (χ4v) is 4.67. The lowest BCUT2D eigenvalue weighted by molar-refractivity contribution is -0.134. The van der Waals surface area contributed by atoms with Crippen molar-refractivity contribution in [1.82, 2.24) is 20.1 Å². The molecule has 2 aliphatic rings. The SMILES string of the molecule is CN1Cc2nc(C(=O)N[C@@H]3C[C@@H](C(=O)N(C)C)CC[C@@H]3N=[N+]=[N-])sc2C1. The third kappa shape index (κ3) is 3.82. The summed E-state index contributed by atoms with van der Waals surface area (Å²) in [4.78, 5) is 37.1. The van der Waals surface area contributed by atoms with Crippen LogP contribution >= 0.6 is 11.3 Å². The van der Waals surface area contributed by atoms with Crippen LogP contribution in [0.3, 0.4) is 0 Å². The lowest BCUT2D eigenvalue weighted by Gasteiger charge is -2.34. The van der Waals surface area contributed by atoms with E-state index in [2.05, 4.69) is 25.2 Å². The number of carbonyl (C=O) groups is 2. The van der Waals surface area contributed by atoms with Crippen molar-refractivity contribution in [2.24, 2.45) is 11.0 Å².